The molecule has 3 nitrogen and oxygen atoms in total. The second-order valence-electron chi connectivity index (χ2n) is 3.20. The Balaban J connectivity index is 2.26. The fraction of sp³-hybridized carbons (Fsp3) is 0.400. The van der Waals surface area contributed by atoms with Crippen molar-refractivity contribution in [1.29, 1.82) is 0 Å². The number of ether oxygens (including phenoxy) is 1. The fourth-order valence-electron chi connectivity index (χ4n) is 1.11. The van der Waals surface area contributed by atoms with Gasteiger partial charge in [0.05, 0.1) is 11.0 Å². The smallest absolute Gasteiger partial charge is 0.168 e. The van der Waals surface area contributed by atoms with Crippen molar-refractivity contribution in [2.24, 2.45) is 0 Å². The van der Waals surface area contributed by atoms with Crippen LogP contribution in [0, 0.1) is 0 Å². The van der Waals surface area contributed by atoms with E-state index in [9.17, 15) is 4.79 Å². The molecule has 1 aliphatic rings. The minimum atomic E-state index is 0.350. The van der Waals surface area contributed by atoms with Gasteiger partial charge in [-0.25, -0.2) is 0 Å². The second-order valence-corrected chi connectivity index (χ2v) is 4.04. The summed E-state index contributed by atoms with van der Waals surface area (Å²) in [6.07, 6.45) is 6.98. The summed E-state index contributed by atoms with van der Waals surface area (Å²) in [5.41, 5.74) is 0.429. The van der Waals surface area contributed by atoms with Crippen LogP contribution < -0.4 is 4.74 Å². The Labute approximate surface area is 86.9 Å². The molecular formula is C10H11NO2S. The van der Waals surface area contributed by atoms with Crippen molar-refractivity contribution in [2.45, 2.75) is 23.8 Å². The predicted molar refractivity (Wildman–Crippen MR) is 55.1 cm³/mol. The lowest BCUT2D eigenvalue weighted by molar-refractivity contribution is 0.111. The Morgan fingerprint density at radius 1 is 1.64 bits per heavy atom. The summed E-state index contributed by atoms with van der Waals surface area (Å²) in [7, 11) is 0. The average molecular weight is 209 g/mol. The van der Waals surface area contributed by atoms with Crippen LogP contribution in [-0.4, -0.2) is 23.6 Å². The quantitative estimate of drug-likeness (QED) is 0.562. The van der Waals surface area contributed by atoms with Crippen LogP contribution in [0.15, 0.2) is 17.2 Å². The topological polar surface area (TPSA) is 39.2 Å². The van der Waals surface area contributed by atoms with Crippen molar-refractivity contribution in [1.82, 2.24) is 4.98 Å². The molecule has 0 amide bonds. The number of nitrogens with zero attached hydrogens (tertiary/aromatic N) is 1. The van der Waals surface area contributed by atoms with Gasteiger partial charge in [-0.05, 0) is 19.1 Å². The molecule has 1 saturated carbocycles. The van der Waals surface area contributed by atoms with E-state index in [1.54, 1.807) is 24.0 Å². The van der Waals surface area contributed by atoms with Crippen LogP contribution in [0.1, 0.15) is 23.3 Å². The number of aldehydes is 1. The Morgan fingerprint density at radius 2 is 2.43 bits per heavy atom. The van der Waals surface area contributed by atoms with Gasteiger partial charge in [0, 0.05) is 12.3 Å². The van der Waals surface area contributed by atoms with Gasteiger partial charge in [0.15, 0.2) is 6.29 Å². The van der Waals surface area contributed by atoms with Crippen LogP contribution in [0.4, 0.5) is 0 Å². The zero-order valence-corrected chi connectivity index (χ0v) is 8.71. The number of hydrogen-bond donors (Lipinski definition) is 0. The maximum absolute atomic E-state index is 10.5. The summed E-state index contributed by atoms with van der Waals surface area (Å²) in [5, 5.41) is 0. The molecule has 0 atom stereocenters. The molecule has 0 aliphatic heterocycles. The lowest BCUT2D eigenvalue weighted by atomic mass is 10.3. The molecule has 1 aromatic heterocycles. The van der Waals surface area contributed by atoms with Crippen LogP contribution >= 0.6 is 11.8 Å². The van der Waals surface area contributed by atoms with E-state index >= 15 is 0 Å². The highest BCUT2D eigenvalue weighted by Gasteiger charge is 2.24. The molecule has 2 rings (SSSR count). The molecule has 4 heteroatoms. The Hall–Kier alpha value is -1.03. The Kier molecular flexibility index (Phi) is 2.72. The first-order valence-electron chi connectivity index (χ1n) is 4.49. The molecule has 1 aromatic rings. The van der Waals surface area contributed by atoms with Gasteiger partial charge in [-0.1, -0.05) is 0 Å². The van der Waals surface area contributed by atoms with Crippen molar-refractivity contribution < 1.29 is 9.53 Å². The minimum Gasteiger partial charge on any atom is -0.489 e. The first-order valence-corrected chi connectivity index (χ1v) is 5.72. The monoisotopic (exact) mass is 209 g/mol. The summed E-state index contributed by atoms with van der Waals surface area (Å²) in [6.45, 7) is 0. The molecule has 1 fully saturated rings. The van der Waals surface area contributed by atoms with E-state index in [4.69, 9.17) is 4.74 Å². The molecule has 1 aliphatic carbocycles. The molecule has 14 heavy (non-hydrogen) atoms. The van der Waals surface area contributed by atoms with Gasteiger partial charge in [-0.2, -0.15) is 0 Å². The first kappa shape index (κ1) is 9.52. The number of rotatable bonds is 4. The standard InChI is InChI=1S/C10H11NO2S/c1-14-10-5-11-7(6-12)4-9(10)13-8-2-3-8/h4-6,8H,2-3H2,1H3. The van der Waals surface area contributed by atoms with Crippen LogP contribution in [-0.2, 0) is 0 Å². The summed E-state index contributed by atoms with van der Waals surface area (Å²) < 4.78 is 5.67. The molecule has 0 unspecified atom stereocenters. The summed E-state index contributed by atoms with van der Waals surface area (Å²) in [6, 6.07) is 1.71. The molecule has 0 aromatic carbocycles. The molecule has 1 heterocycles. The third kappa shape index (κ3) is 2.07. The van der Waals surface area contributed by atoms with Gasteiger partial charge < -0.3 is 4.74 Å². The van der Waals surface area contributed by atoms with Crippen molar-refractivity contribution in [3.63, 3.8) is 0 Å². The van der Waals surface area contributed by atoms with E-state index in [0.29, 0.717) is 11.8 Å². The number of thioether (sulfide) groups is 1. The Bertz CT molecular complexity index is 350. The molecule has 0 N–H and O–H groups in total. The minimum absolute atomic E-state index is 0.350. The first-order chi connectivity index (χ1) is 6.83. The third-order valence-corrected chi connectivity index (χ3v) is 2.76. The largest absolute Gasteiger partial charge is 0.489 e. The SMILES string of the molecule is CSc1cnc(C=O)cc1OC1CC1. The number of aromatic nitrogens is 1. The molecule has 0 saturated heterocycles. The molecule has 74 valence electrons. The average Bonchev–Trinajstić information content (AvgIpc) is 3.01. The summed E-state index contributed by atoms with van der Waals surface area (Å²) in [5.74, 6) is 0.789. The normalized spacial score (nSPS) is 15.2. The molecule has 0 spiro atoms. The van der Waals surface area contributed by atoms with Gasteiger partial charge in [-0.15, -0.1) is 11.8 Å². The van der Waals surface area contributed by atoms with Gasteiger partial charge in [-0.3, -0.25) is 9.78 Å². The van der Waals surface area contributed by atoms with Crippen LogP contribution in [0.3, 0.4) is 0 Å². The van der Waals surface area contributed by atoms with Gasteiger partial charge >= 0.3 is 0 Å². The van der Waals surface area contributed by atoms with Gasteiger partial charge in [0.25, 0.3) is 0 Å². The van der Waals surface area contributed by atoms with Crippen molar-refractivity contribution in [2.75, 3.05) is 6.26 Å². The van der Waals surface area contributed by atoms with Gasteiger partial charge in [0.1, 0.15) is 11.4 Å². The number of hydrogen-bond acceptors (Lipinski definition) is 4. The van der Waals surface area contributed by atoms with Crippen LogP contribution in [0.25, 0.3) is 0 Å². The van der Waals surface area contributed by atoms with E-state index in [-0.39, 0.29) is 0 Å². The second kappa shape index (κ2) is 4.00. The summed E-state index contributed by atoms with van der Waals surface area (Å²) in [4.78, 5) is 15.5. The van der Waals surface area contributed by atoms with E-state index in [2.05, 4.69) is 4.98 Å². The van der Waals surface area contributed by atoms with Crippen molar-refractivity contribution in [3.05, 3.63) is 18.0 Å². The maximum atomic E-state index is 10.5. The van der Waals surface area contributed by atoms with Crippen molar-refractivity contribution in [3.8, 4) is 5.75 Å². The number of carbonyl (C=O) groups excluding carboxylic acids is 1. The van der Waals surface area contributed by atoms with Crippen LogP contribution in [0.2, 0.25) is 0 Å². The van der Waals surface area contributed by atoms with Crippen LogP contribution in [0.5, 0.6) is 5.75 Å². The van der Waals surface area contributed by atoms with Crippen molar-refractivity contribution >= 4 is 18.0 Å². The maximum Gasteiger partial charge on any atom is 0.168 e. The van der Waals surface area contributed by atoms with Gasteiger partial charge in [0.2, 0.25) is 0 Å². The highest BCUT2D eigenvalue weighted by molar-refractivity contribution is 7.98. The summed E-state index contributed by atoms with van der Waals surface area (Å²) >= 11 is 1.58. The third-order valence-electron chi connectivity index (χ3n) is 2.01. The van der Waals surface area contributed by atoms with E-state index in [1.807, 2.05) is 6.26 Å². The van der Waals surface area contributed by atoms with E-state index in [0.717, 1.165) is 29.8 Å². The zero-order chi connectivity index (χ0) is 9.97. The molecule has 0 radical (unpaired) electrons. The van der Waals surface area contributed by atoms with E-state index < -0.39 is 0 Å². The molecule has 0 bridgehead atoms. The van der Waals surface area contributed by atoms with E-state index in [1.165, 1.54) is 0 Å². The molecular weight excluding hydrogens is 198 g/mol. The Morgan fingerprint density at radius 3 is 3.00 bits per heavy atom. The highest BCUT2D eigenvalue weighted by atomic mass is 32.2. The lowest BCUT2D eigenvalue weighted by Gasteiger charge is -2.08. The zero-order valence-electron chi connectivity index (χ0n) is 7.90. The predicted octanol–water partition coefficient (Wildman–Crippen LogP) is 2.16. The highest BCUT2D eigenvalue weighted by Crippen LogP contribution is 2.33. The lowest BCUT2D eigenvalue weighted by Crippen LogP contribution is -1.99. The fourth-order valence-corrected chi connectivity index (χ4v) is 1.58. The number of carbonyl (C=O) groups is 1. The number of pyridine rings is 1.